The van der Waals surface area contributed by atoms with Crippen LogP contribution in [0, 0.1) is 5.82 Å². The van der Waals surface area contributed by atoms with Crippen LogP contribution in [0.1, 0.15) is 6.92 Å². The maximum atomic E-state index is 13.7. The Morgan fingerprint density at radius 3 is 2.53 bits per heavy atom. The molecule has 156 valence electrons. The van der Waals surface area contributed by atoms with Crippen LogP contribution in [0.2, 0.25) is 5.02 Å². The molecule has 0 aliphatic rings. The van der Waals surface area contributed by atoms with Crippen LogP contribution in [0.25, 0.3) is 11.3 Å². The molecule has 0 aliphatic heterocycles. The molecule has 0 saturated carbocycles. The van der Waals surface area contributed by atoms with E-state index in [2.05, 4.69) is 20.8 Å². The van der Waals surface area contributed by atoms with Crippen molar-refractivity contribution in [1.82, 2.24) is 15.5 Å². The van der Waals surface area contributed by atoms with Crippen molar-refractivity contribution < 1.29 is 18.7 Å². The molecule has 1 aromatic heterocycles. The van der Waals surface area contributed by atoms with E-state index in [9.17, 15) is 9.18 Å². The SMILES string of the molecule is CCOc1ccc(-c2ccc(OCCNC(=O)Nc3c(F)cccc3Cl)nn2)cc1. The van der Waals surface area contributed by atoms with Crippen molar-refractivity contribution in [3.63, 3.8) is 0 Å². The van der Waals surface area contributed by atoms with Gasteiger partial charge in [0.25, 0.3) is 0 Å². The zero-order valence-corrected chi connectivity index (χ0v) is 16.9. The van der Waals surface area contributed by atoms with Crippen LogP contribution >= 0.6 is 11.6 Å². The number of hydrogen-bond donors (Lipinski definition) is 2. The van der Waals surface area contributed by atoms with Gasteiger partial charge >= 0.3 is 6.03 Å². The van der Waals surface area contributed by atoms with E-state index in [4.69, 9.17) is 21.1 Å². The van der Waals surface area contributed by atoms with Crippen LogP contribution in [0.15, 0.2) is 54.6 Å². The summed E-state index contributed by atoms with van der Waals surface area (Å²) in [6.45, 7) is 2.88. The Labute approximate surface area is 178 Å². The molecule has 0 spiro atoms. The first-order valence-corrected chi connectivity index (χ1v) is 9.63. The van der Waals surface area contributed by atoms with Crippen molar-refractivity contribution in [3.8, 4) is 22.9 Å². The maximum absolute atomic E-state index is 13.7. The lowest BCUT2D eigenvalue weighted by Crippen LogP contribution is -2.32. The summed E-state index contributed by atoms with van der Waals surface area (Å²) in [5, 5.41) is 13.2. The van der Waals surface area contributed by atoms with Crippen LogP contribution in [0.5, 0.6) is 11.6 Å². The van der Waals surface area contributed by atoms with Crippen LogP contribution in [0.3, 0.4) is 0 Å². The zero-order valence-electron chi connectivity index (χ0n) is 16.2. The van der Waals surface area contributed by atoms with Gasteiger partial charge in [-0.3, -0.25) is 0 Å². The van der Waals surface area contributed by atoms with Crippen molar-refractivity contribution >= 4 is 23.3 Å². The van der Waals surface area contributed by atoms with Gasteiger partial charge in [-0.1, -0.05) is 17.7 Å². The fraction of sp³-hybridized carbons (Fsp3) is 0.190. The van der Waals surface area contributed by atoms with Gasteiger partial charge in [-0.15, -0.1) is 10.2 Å². The van der Waals surface area contributed by atoms with Gasteiger partial charge in [-0.25, -0.2) is 9.18 Å². The van der Waals surface area contributed by atoms with Crippen molar-refractivity contribution in [2.24, 2.45) is 0 Å². The van der Waals surface area contributed by atoms with Gasteiger partial charge in [-0.2, -0.15) is 0 Å². The summed E-state index contributed by atoms with van der Waals surface area (Å²) in [7, 11) is 0. The number of anilines is 1. The number of aromatic nitrogens is 2. The second-order valence-electron chi connectivity index (χ2n) is 6.04. The predicted octanol–water partition coefficient (Wildman–Crippen LogP) is 4.54. The average Bonchev–Trinajstić information content (AvgIpc) is 2.75. The van der Waals surface area contributed by atoms with E-state index in [0.717, 1.165) is 11.3 Å². The highest BCUT2D eigenvalue weighted by Crippen LogP contribution is 2.24. The van der Waals surface area contributed by atoms with E-state index in [1.807, 2.05) is 31.2 Å². The largest absolute Gasteiger partial charge is 0.494 e. The third-order valence-electron chi connectivity index (χ3n) is 3.94. The zero-order chi connectivity index (χ0) is 21.3. The van der Waals surface area contributed by atoms with E-state index in [-0.39, 0.29) is 23.9 Å². The number of nitrogens with one attached hydrogen (secondary N) is 2. The first kappa shape index (κ1) is 21.3. The van der Waals surface area contributed by atoms with E-state index < -0.39 is 11.8 Å². The highest BCUT2D eigenvalue weighted by molar-refractivity contribution is 6.33. The molecule has 0 atom stereocenters. The molecular weight excluding hydrogens is 411 g/mol. The number of rotatable bonds is 8. The summed E-state index contributed by atoms with van der Waals surface area (Å²) >= 11 is 5.87. The summed E-state index contributed by atoms with van der Waals surface area (Å²) in [5.74, 6) is 0.504. The summed E-state index contributed by atoms with van der Waals surface area (Å²) in [6.07, 6.45) is 0. The molecule has 2 aromatic carbocycles. The number of carbonyl (C=O) groups is 1. The van der Waals surface area contributed by atoms with Crippen molar-refractivity contribution in [2.75, 3.05) is 25.1 Å². The molecule has 9 heteroatoms. The summed E-state index contributed by atoms with van der Waals surface area (Å²) in [5.41, 5.74) is 1.53. The Hall–Kier alpha value is -3.39. The van der Waals surface area contributed by atoms with Crippen LogP contribution in [-0.4, -0.2) is 36.0 Å². The van der Waals surface area contributed by atoms with Gasteiger partial charge in [0.05, 0.1) is 29.6 Å². The number of amides is 2. The van der Waals surface area contributed by atoms with Gasteiger partial charge in [0.1, 0.15) is 18.2 Å². The summed E-state index contributed by atoms with van der Waals surface area (Å²) in [6, 6.07) is 14.6. The van der Waals surface area contributed by atoms with Crippen LogP contribution < -0.4 is 20.1 Å². The molecule has 2 N–H and O–H groups in total. The van der Waals surface area contributed by atoms with Gasteiger partial charge in [-0.05, 0) is 49.4 Å². The molecule has 30 heavy (non-hydrogen) atoms. The normalized spacial score (nSPS) is 10.4. The Balaban J connectivity index is 1.44. The summed E-state index contributed by atoms with van der Waals surface area (Å²) < 4.78 is 24.5. The molecule has 0 unspecified atom stereocenters. The molecular formula is C21H20ClFN4O3. The Kier molecular flexibility index (Phi) is 7.40. The second kappa shape index (κ2) is 10.4. The van der Waals surface area contributed by atoms with Gasteiger partial charge in [0.2, 0.25) is 5.88 Å². The molecule has 0 radical (unpaired) electrons. The number of ether oxygens (including phenoxy) is 2. The lowest BCUT2D eigenvalue weighted by molar-refractivity contribution is 0.246. The molecule has 2 amide bonds. The van der Waals surface area contributed by atoms with Gasteiger partial charge in [0.15, 0.2) is 0 Å². The third kappa shape index (κ3) is 5.81. The fourth-order valence-corrected chi connectivity index (χ4v) is 2.74. The molecule has 0 bridgehead atoms. The number of nitrogens with zero attached hydrogens (tertiary/aromatic N) is 2. The molecule has 3 rings (SSSR count). The molecule has 7 nitrogen and oxygen atoms in total. The quantitative estimate of drug-likeness (QED) is 0.512. The van der Waals surface area contributed by atoms with E-state index >= 15 is 0 Å². The minimum absolute atomic E-state index is 0.0756. The molecule has 1 heterocycles. The monoisotopic (exact) mass is 430 g/mol. The highest BCUT2D eigenvalue weighted by Gasteiger charge is 2.10. The number of hydrogen-bond acceptors (Lipinski definition) is 5. The smallest absolute Gasteiger partial charge is 0.319 e. The lowest BCUT2D eigenvalue weighted by atomic mass is 10.1. The minimum Gasteiger partial charge on any atom is -0.494 e. The van der Waals surface area contributed by atoms with Gasteiger partial charge in [0, 0.05) is 11.6 Å². The predicted molar refractivity (Wildman–Crippen MR) is 113 cm³/mol. The van der Waals surface area contributed by atoms with Gasteiger partial charge < -0.3 is 20.1 Å². The van der Waals surface area contributed by atoms with Crippen molar-refractivity contribution in [1.29, 1.82) is 0 Å². The first-order chi connectivity index (χ1) is 14.6. The standard InChI is InChI=1S/C21H20ClFN4O3/c1-2-29-15-8-6-14(7-9-15)18-10-11-19(27-26-18)30-13-12-24-21(28)25-20-16(22)4-3-5-17(20)23/h3-11H,2,12-13H2,1H3,(H2,24,25,28). The van der Waals surface area contributed by atoms with E-state index in [1.165, 1.54) is 18.2 Å². The highest BCUT2D eigenvalue weighted by atomic mass is 35.5. The number of halogens is 2. The van der Waals surface area contributed by atoms with E-state index in [1.54, 1.807) is 12.1 Å². The molecule has 0 fully saturated rings. The second-order valence-corrected chi connectivity index (χ2v) is 6.45. The molecule has 0 saturated heterocycles. The van der Waals surface area contributed by atoms with Crippen LogP contribution in [0.4, 0.5) is 14.9 Å². The number of benzene rings is 2. The molecule has 3 aromatic rings. The van der Waals surface area contributed by atoms with Crippen LogP contribution in [-0.2, 0) is 0 Å². The Morgan fingerprint density at radius 2 is 1.87 bits per heavy atom. The minimum atomic E-state index is -0.614. The maximum Gasteiger partial charge on any atom is 0.319 e. The fourth-order valence-electron chi connectivity index (χ4n) is 2.53. The average molecular weight is 431 g/mol. The van der Waals surface area contributed by atoms with E-state index in [0.29, 0.717) is 18.2 Å². The Bertz CT molecular complexity index is 964. The number of urea groups is 1. The third-order valence-corrected chi connectivity index (χ3v) is 4.25. The first-order valence-electron chi connectivity index (χ1n) is 9.25. The Morgan fingerprint density at radius 1 is 1.07 bits per heavy atom. The lowest BCUT2D eigenvalue weighted by Gasteiger charge is -2.10. The van der Waals surface area contributed by atoms with Crippen molar-refractivity contribution in [3.05, 3.63) is 65.4 Å². The molecule has 0 aliphatic carbocycles. The van der Waals surface area contributed by atoms with Crippen molar-refractivity contribution in [2.45, 2.75) is 6.92 Å². The summed E-state index contributed by atoms with van der Waals surface area (Å²) in [4.78, 5) is 11.9. The number of para-hydroxylation sites is 1. The topological polar surface area (TPSA) is 85.4 Å². The number of carbonyl (C=O) groups excluding carboxylic acids is 1.